The van der Waals surface area contributed by atoms with Crippen molar-refractivity contribution in [3.05, 3.63) is 21.6 Å². The first-order valence-electron chi connectivity index (χ1n) is 3.17. The minimum Gasteiger partial charge on any atom is -0.493 e. The van der Waals surface area contributed by atoms with E-state index in [1.165, 1.54) is 27.6 Å². The minimum atomic E-state index is 0.0123. The third kappa shape index (κ3) is 1.99. The quantitative estimate of drug-likeness (QED) is 0.590. The standard InChI is InChI=1S/C6H7N3OS2/c1-2-3-7-8-9-5(10)4-12-6(9)11/h2-4,10H,1H3. The van der Waals surface area contributed by atoms with Gasteiger partial charge in [0.1, 0.15) is 0 Å². The molecule has 1 aromatic heterocycles. The van der Waals surface area contributed by atoms with Gasteiger partial charge in [0, 0.05) is 6.20 Å². The maximum absolute atomic E-state index is 9.16. The van der Waals surface area contributed by atoms with Crippen molar-refractivity contribution in [2.24, 2.45) is 10.3 Å². The molecule has 0 aliphatic rings. The number of aromatic hydroxyl groups is 1. The Labute approximate surface area is 78.5 Å². The van der Waals surface area contributed by atoms with Crippen molar-refractivity contribution in [2.45, 2.75) is 6.92 Å². The Kier molecular flexibility index (Phi) is 3.12. The SMILES string of the molecule is CC=CN=Nn1c(O)csc1=S. The largest absolute Gasteiger partial charge is 0.493 e. The molecule has 0 spiro atoms. The van der Waals surface area contributed by atoms with Gasteiger partial charge in [-0.05, 0) is 19.1 Å². The molecule has 0 aliphatic carbocycles. The molecular formula is C6H7N3OS2. The van der Waals surface area contributed by atoms with E-state index in [2.05, 4.69) is 10.3 Å². The summed E-state index contributed by atoms with van der Waals surface area (Å²) in [4.78, 5) is 0. The number of aromatic nitrogens is 1. The molecule has 64 valence electrons. The van der Waals surface area contributed by atoms with Crippen LogP contribution in [0.2, 0.25) is 0 Å². The van der Waals surface area contributed by atoms with Crippen molar-refractivity contribution < 1.29 is 5.11 Å². The second-order valence-electron chi connectivity index (χ2n) is 1.86. The molecule has 0 saturated carbocycles. The Hall–Kier alpha value is -1.01. The van der Waals surface area contributed by atoms with E-state index in [0.717, 1.165) is 0 Å². The summed E-state index contributed by atoms with van der Waals surface area (Å²) < 4.78 is 1.67. The predicted molar refractivity (Wildman–Crippen MR) is 49.9 cm³/mol. The van der Waals surface area contributed by atoms with Gasteiger partial charge in [-0.3, -0.25) is 0 Å². The zero-order chi connectivity index (χ0) is 8.97. The van der Waals surface area contributed by atoms with Gasteiger partial charge in [-0.2, -0.15) is 4.68 Å². The van der Waals surface area contributed by atoms with Gasteiger partial charge in [-0.15, -0.1) is 16.5 Å². The van der Waals surface area contributed by atoms with Crippen LogP contribution in [0.25, 0.3) is 0 Å². The fourth-order valence-corrected chi connectivity index (χ4v) is 1.34. The topological polar surface area (TPSA) is 49.9 Å². The fourth-order valence-electron chi connectivity index (χ4n) is 0.527. The van der Waals surface area contributed by atoms with Crippen molar-refractivity contribution >= 4 is 23.6 Å². The molecular weight excluding hydrogens is 194 g/mol. The zero-order valence-corrected chi connectivity index (χ0v) is 7.97. The van der Waals surface area contributed by atoms with Gasteiger partial charge >= 0.3 is 0 Å². The average molecular weight is 201 g/mol. The number of rotatable bonds is 2. The van der Waals surface area contributed by atoms with Crippen molar-refractivity contribution in [2.75, 3.05) is 0 Å². The van der Waals surface area contributed by atoms with Gasteiger partial charge in [0.15, 0.2) is 3.95 Å². The Balaban J connectivity index is 2.95. The highest BCUT2D eigenvalue weighted by molar-refractivity contribution is 7.73. The van der Waals surface area contributed by atoms with Crippen LogP contribution in [-0.2, 0) is 0 Å². The van der Waals surface area contributed by atoms with Gasteiger partial charge < -0.3 is 5.11 Å². The summed E-state index contributed by atoms with van der Waals surface area (Å²) in [5, 5.41) is 18.0. The van der Waals surface area contributed by atoms with E-state index in [1.807, 2.05) is 6.92 Å². The first kappa shape index (κ1) is 9.08. The molecule has 6 heteroatoms. The van der Waals surface area contributed by atoms with Crippen LogP contribution in [0.1, 0.15) is 6.92 Å². The summed E-state index contributed by atoms with van der Waals surface area (Å²) in [7, 11) is 0. The highest BCUT2D eigenvalue weighted by Crippen LogP contribution is 2.16. The number of allylic oxidation sites excluding steroid dienone is 1. The number of nitrogens with zero attached hydrogens (tertiary/aromatic N) is 3. The summed E-state index contributed by atoms with van der Waals surface area (Å²) >= 11 is 6.11. The Bertz CT molecular complexity index is 363. The van der Waals surface area contributed by atoms with E-state index in [9.17, 15) is 0 Å². The molecule has 0 aliphatic heterocycles. The lowest BCUT2D eigenvalue weighted by molar-refractivity contribution is 0.424. The molecule has 0 unspecified atom stereocenters. The molecule has 0 atom stereocenters. The molecule has 0 bridgehead atoms. The van der Waals surface area contributed by atoms with Crippen molar-refractivity contribution in [3.63, 3.8) is 0 Å². The molecule has 0 radical (unpaired) electrons. The third-order valence-electron chi connectivity index (χ3n) is 1.01. The molecule has 1 aromatic rings. The second kappa shape index (κ2) is 4.13. The van der Waals surface area contributed by atoms with E-state index in [4.69, 9.17) is 17.3 Å². The molecule has 1 heterocycles. The molecule has 12 heavy (non-hydrogen) atoms. The molecule has 1 rings (SSSR count). The summed E-state index contributed by atoms with van der Waals surface area (Å²) in [6, 6.07) is 0. The summed E-state index contributed by atoms with van der Waals surface area (Å²) in [5.74, 6) is 0.0123. The smallest absolute Gasteiger partial charge is 0.225 e. The summed E-state index contributed by atoms with van der Waals surface area (Å²) in [6.45, 7) is 1.83. The van der Waals surface area contributed by atoms with Crippen LogP contribution in [-0.4, -0.2) is 9.78 Å². The number of hydrogen-bond donors (Lipinski definition) is 1. The monoisotopic (exact) mass is 201 g/mol. The summed E-state index contributed by atoms with van der Waals surface area (Å²) in [5.41, 5.74) is 0. The molecule has 4 nitrogen and oxygen atoms in total. The highest BCUT2D eigenvalue weighted by atomic mass is 32.1. The highest BCUT2D eigenvalue weighted by Gasteiger charge is 1.98. The predicted octanol–water partition coefficient (Wildman–Crippen LogP) is 2.73. The average Bonchev–Trinajstić information content (AvgIpc) is 2.35. The maximum atomic E-state index is 9.16. The van der Waals surface area contributed by atoms with Crippen molar-refractivity contribution in [1.29, 1.82) is 0 Å². The van der Waals surface area contributed by atoms with Gasteiger partial charge in [-0.25, -0.2) is 0 Å². The van der Waals surface area contributed by atoms with Crippen LogP contribution in [0.3, 0.4) is 0 Å². The normalized spacial score (nSPS) is 11.8. The van der Waals surface area contributed by atoms with E-state index >= 15 is 0 Å². The molecule has 0 fully saturated rings. The van der Waals surface area contributed by atoms with Crippen LogP contribution < -0.4 is 0 Å². The summed E-state index contributed by atoms with van der Waals surface area (Å²) in [6.07, 6.45) is 3.25. The molecule has 0 aromatic carbocycles. The van der Waals surface area contributed by atoms with Gasteiger partial charge in [-0.1, -0.05) is 11.3 Å². The third-order valence-corrected chi connectivity index (χ3v) is 2.18. The lowest BCUT2D eigenvalue weighted by Gasteiger charge is -1.89. The Morgan fingerprint density at radius 1 is 1.75 bits per heavy atom. The van der Waals surface area contributed by atoms with E-state index in [0.29, 0.717) is 3.95 Å². The number of thiazole rings is 1. The van der Waals surface area contributed by atoms with E-state index in [1.54, 1.807) is 6.08 Å². The maximum Gasteiger partial charge on any atom is 0.225 e. The first-order valence-corrected chi connectivity index (χ1v) is 4.46. The van der Waals surface area contributed by atoms with Crippen LogP contribution in [0.4, 0.5) is 0 Å². The van der Waals surface area contributed by atoms with Crippen LogP contribution >= 0.6 is 23.6 Å². The van der Waals surface area contributed by atoms with Crippen LogP contribution in [0.5, 0.6) is 5.88 Å². The van der Waals surface area contributed by atoms with E-state index in [-0.39, 0.29) is 5.88 Å². The Morgan fingerprint density at radius 3 is 3.00 bits per heavy atom. The van der Waals surface area contributed by atoms with Crippen molar-refractivity contribution in [3.8, 4) is 5.88 Å². The number of hydrogen-bond acceptors (Lipinski definition) is 5. The Morgan fingerprint density at radius 2 is 2.50 bits per heavy atom. The molecule has 0 amide bonds. The zero-order valence-electron chi connectivity index (χ0n) is 6.34. The van der Waals surface area contributed by atoms with Gasteiger partial charge in [0.2, 0.25) is 5.88 Å². The van der Waals surface area contributed by atoms with Crippen molar-refractivity contribution in [1.82, 2.24) is 4.68 Å². The first-order chi connectivity index (χ1) is 5.75. The van der Waals surface area contributed by atoms with Gasteiger partial charge in [0.25, 0.3) is 0 Å². The van der Waals surface area contributed by atoms with Crippen LogP contribution in [0, 0.1) is 3.95 Å². The lowest BCUT2D eigenvalue weighted by atomic mass is 10.7. The second-order valence-corrected chi connectivity index (χ2v) is 3.36. The van der Waals surface area contributed by atoms with Crippen LogP contribution in [0.15, 0.2) is 28.0 Å². The molecule has 0 saturated heterocycles. The lowest BCUT2D eigenvalue weighted by Crippen LogP contribution is -1.82. The molecule has 1 N–H and O–H groups in total. The van der Waals surface area contributed by atoms with E-state index < -0.39 is 0 Å². The fraction of sp³-hybridized carbons (Fsp3) is 0.167. The minimum absolute atomic E-state index is 0.0123. The van der Waals surface area contributed by atoms with Gasteiger partial charge in [0.05, 0.1) is 5.38 Å².